The summed E-state index contributed by atoms with van der Waals surface area (Å²) in [7, 11) is 1.67. The molecule has 8 heteroatoms. The molecule has 0 fully saturated rings. The number of nitrogens with zero attached hydrogens (tertiary/aromatic N) is 4. The molecule has 0 radical (unpaired) electrons. The van der Waals surface area contributed by atoms with Gasteiger partial charge >= 0.3 is 6.16 Å². The van der Waals surface area contributed by atoms with Crippen molar-refractivity contribution in [1.82, 2.24) is 19.2 Å². The molecule has 3 heterocycles. The topological polar surface area (TPSA) is 90.9 Å². The Kier molecular flexibility index (Phi) is 6.51. The van der Waals surface area contributed by atoms with Crippen LogP contribution in [0.25, 0.3) is 16.9 Å². The van der Waals surface area contributed by atoms with Crippen LogP contribution in [0.15, 0.2) is 54.7 Å². The zero-order chi connectivity index (χ0) is 22.5. The van der Waals surface area contributed by atoms with Gasteiger partial charge in [-0.15, -0.1) is 0 Å². The Hall–Kier alpha value is -3.65. The first-order valence-electron chi connectivity index (χ1n) is 10.6. The predicted octanol–water partition coefficient (Wildman–Crippen LogP) is 4.79. The Bertz CT molecular complexity index is 1210. The van der Waals surface area contributed by atoms with Gasteiger partial charge in [0.05, 0.1) is 18.8 Å². The van der Waals surface area contributed by atoms with E-state index in [1.54, 1.807) is 29.8 Å². The number of unbranched alkanes of at least 4 members (excludes halogenated alkanes) is 1. The molecule has 0 saturated heterocycles. The third kappa shape index (κ3) is 4.65. The summed E-state index contributed by atoms with van der Waals surface area (Å²) in [6.07, 6.45) is 3.56. The van der Waals surface area contributed by atoms with Crippen LogP contribution in [0.5, 0.6) is 5.88 Å². The maximum Gasteiger partial charge on any atom is 0.512 e. The molecule has 1 aromatic carbocycles. The van der Waals surface area contributed by atoms with E-state index in [0.29, 0.717) is 24.5 Å². The molecule has 0 amide bonds. The summed E-state index contributed by atoms with van der Waals surface area (Å²) in [5.74, 6) is 0.180. The zero-order valence-electron chi connectivity index (χ0n) is 18.2. The van der Waals surface area contributed by atoms with Crippen LogP contribution in [-0.2, 0) is 24.3 Å². The molecule has 0 aliphatic heterocycles. The molecule has 0 unspecified atom stereocenters. The lowest BCUT2D eigenvalue weighted by Crippen LogP contribution is -2.07. The third-order valence-electron chi connectivity index (χ3n) is 5.22. The van der Waals surface area contributed by atoms with Crippen molar-refractivity contribution >= 4 is 11.8 Å². The number of hydrogen-bond donors (Lipinski definition) is 1. The van der Waals surface area contributed by atoms with Gasteiger partial charge in [-0.1, -0.05) is 43.7 Å². The highest BCUT2D eigenvalue weighted by Gasteiger charge is 2.18. The van der Waals surface area contributed by atoms with Crippen molar-refractivity contribution in [2.45, 2.75) is 39.3 Å². The Labute approximate surface area is 186 Å². The molecule has 1 N–H and O–H groups in total. The van der Waals surface area contributed by atoms with Crippen molar-refractivity contribution in [2.75, 3.05) is 7.11 Å². The zero-order valence-corrected chi connectivity index (χ0v) is 18.2. The number of pyridine rings is 1. The highest BCUT2D eigenvalue weighted by molar-refractivity contribution is 5.73. The van der Waals surface area contributed by atoms with E-state index in [1.807, 2.05) is 35.0 Å². The van der Waals surface area contributed by atoms with Gasteiger partial charge in [0.15, 0.2) is 0 Å². The van der Waals surface area contributed by atoms with Crippen LogP contribution in [0, 0.1) is 0 Å². The fraction of sp³-hybridized carbons (Fsp3) is 0.292. The average molecular weight is 434 g/mol. The van der Waals surface area contributed by atoms with E-state index in [4.69, 9.17) is 14.6 Å². The standard InChI is InChI=1S/C24H26N4O4/c1-3-4-7-20-14-19(16-31-2)26-28(20)15-17-9-11-18(12-10-17)22-23(32-24(29)30)27-13-6-5-8-21(27)25-22/h5-6,8-14H,3-4,7,15-16H2,1-2H3,(H,29,30). The molecule has 0 aliphatic rings. The fourth-order valence-corrected chi connectivity index (χ4v) is 3.71. The Morgan fingerprint density at radius 3 is 2.69 bits per heavy atom. The van der Waals surface area contributed by atoms with Gasteiger partial charge in [0.1, 0.15) is 11.3 Å². The molecule has 4 rings (SSSR count). The maximum atomic E-state index is 11.2. The summed E-state index contributed by atoms with van der Waals surface area (Å²) in [4.78, 5) is 15.8. The minimum absolute atomic E-state index is 0.180. The molecule has 0 spiro atoms. The van der Waals surface area contributed by atoms with Crippen molar-refractivity contribution in [1.29, 1.82) is 0 Å². The van der Waals surface area contributed by atoms with Gasteiger partial charge in [0.2, 0.25) is 5.88 Å². The summed E-state index contributed by atoms with van der Waals surface area (Å²) in [5.41, 5.74) is 5.08. The van der Waals surface area contributed by atoms with E-state index in [0.717, 1.165) is 36.1 Å². The molecule has 0 aliphatic carbocycles. The number of carboxylic acid groups (broad SMARTS) is 1. The molecular weight excluding hydrogens is 408 g/mol. The van der Waals surface area contributed by atoms with E-state index in [2.05, 4.69) is 18.0 Å². The van der Waals surface area contributed by atoms with Crippen LogP contribution in [-0.4, -0.2) is 37.5 Å². The summed E-state index contributed by atoms with van der Waals surface area (Å²) in [6, 6.07) is 15.4. The molecule has 166 valence electrons. The largest absolute Gasteiger partial charge is 0.512 e. The molecule has 0 bridgehead atoms. The number of benzene rings is 1. The first-order chi connectivity index (χ1) is 15.6. The van der Waals surface area contributed by atoms with Gasteiger partial charge < -0.3 is 14.6 Å². The number of aromatic nitrogens is 4. The minimum Gasteiger partial charge on any atom is -0.449 e. The van der Waals surface area contributed by atoms with Crippen molar-refractivity contribution in [3.05, 3.63) is 71.7 Å². The fourth-order valence-electron chi connectivity index (χ4n) is 3.71. The molecular formula is C24H26N4O4. The number of imidazole rings is 1. The molecule has 0 atom stereocenters. The number of fused-ring (bicyclic) bond motifs is 1. The molecule has 0 saturated carbocycles. The van der Waals surface area contributed by atoms with Crippen LogP contribution < -0.4 is 4.74 Å². The van der Waals surface area contributed by atoms with Crippen molar-refractivity contribution in [3.63, 3.8) is 0 Å². The van der Waals surface area contributed by atoms with Gasteiger partial charge in [-0.3, -0.25) is 9.08 Å². The van der Waals surface area contributed by atoms with E-state index in [9.17, 15) is 9.90 Å². The third-order valence-corrected chi connectivity index (χ3v) is 5.22. The smallest absolute Gasteiger partial charge is 0.449 e. The summed E-state index contributed by atoms with van der Waals surface area (Å²) in [6.45, 7) is 3.31. The van der Waals surface area contributed by atoms with E-state index in [1.165, 1.54) is 5.69 Å². The summed E-state index contributed by atoms with van der Waals surface area (Å²) in [5, 5.41) is 13.9. The number of ether oxygens (including phenoxy) is 2. The lowest BCUT2D eigenvalue weighted by atomic mass is 10.1. The van der Waals surface area contributed by atoms with Crippen LogP contribution in [0.2, 0.25) is 0 Å². The quantitative estimate of drug-likeness (QED) is 0.381. The van der Waals surface area contributed by atoms with Crippen LogP contribution >= 0.6 is 0 Å². The number of rotatable bonds is 9. The predicted molar refractivity (Wildman–Crippen MR) is 120 cm³/mol. The summed E-state index contributed by atoms with van der Waals surface area (Å²) >= 11 is 0. The second kappa shape index (κ2) is 9.65. The maximum absolute atomic E-state index is 11.2. The second-order valence-corrected chi connectivity index (χ2v) is 7.58. The first-order valence-corrected chi connectivity index (χ1v) is 10.6. The van der Waals surface area contributed by atoms with Gasteiger partial charge in [0, 0.05) is 24.6 Å². The Morgan fingerprint density at radius 1 is 1.16 bits per heavy atom. The van der Waals surface area contributed by atoms with Gasteiger partial charge in [-0.05, 0) is 36.6 Å². The van der Waals surface area contributed by atoms with Crippen LogP contribution in [0.1, 0.15) is 36.7 Å². The molecule has 4 aromatic rings. The van der Waals surface area contributed by atoms with Crippen molar-refractivity contribution in [2.24, 2.45) is 0 Å². The number of methoxy groups -OCH3 is 1. The highest BCUT2D eigenvalue weighted by Crippen LogP contribution is 2.31. The van der Waals surface area contributed by atoms with Gasteiger partial charge in [0.25, 0.3) is 0 Å². The average Bonchev–Trinajstić information content (AvgIpc) is 3.34. The van der Waals surface area contributed by atoms with Gasteiger partial charge in [-0.25, -0.2) is 9.78 Å². The van der Waals surface area contributed by atoms with E-state index >= 15 is 0 Å². The lowest BCUT2D eigenvalue weighted by Gasteiger charge is -2.08. The molecule has 3 aromatic heterocycles. The minimum atomic E-state index is -1.38. The molecule has 8 nitrogen and oxygen atoms in total. The van der Waals surface area contributed by atoms with Crippen LogP contribution in [0.3, 0.4) is 0 Å². The van der Waals surface area contributed by atoms with E-state index < -0.39 is 6.16 Å². The Balaban J connectivity index is 1.61. The summed E-state index contributed by atoms with van der Waals surface area (Å²) < 4.78 is 13.9. The number of carbonyl (C=O) groups is 1. The SMILES string of the molecule is CCCCc1cc(COC)nn1Cc1ccc(-c2nc3ccccn3c2OC(=O)O)cc1. The van der Waals surface area contributed by atoms with Gasteiger partial charge in [-0.2, -0.15) is 5.10 Å². The van der Waals surface area contributed by atoms with Crippen molar-refractivity contribution in [3.8, 4) is 17.1 Å². The lowest BCUT2D eigenvalue weighted by molar-refractivity contribution is 0.142. The van der Waals surface area contributed by atoms with E-state index in [-0.39, 0.29) is 5.88 Å². The molecule has 32 heavy (non-hydrogen) atoms. The first kappa shape index (κ1) is 21.6. The number of aryl methyl sites for hydroxylation is 1. The highest BCUT2D eigenvalue weighted by atomic mass is 16.7. The normalized spacial score (nSPS) is 11.2. The second-order valence-electron chi connectivity index (χ2n) is 7.58. The Morgan fingerprint density at radius 2 is 1.97 bits per heavy atom. The monoisotopic (exact) mass is 434 g/mol. The van der Waals surface area contributed by atoms with Crippen molar-refractivity contribution < 1.29 is 19.4 Å². The number of hydrogen-bond acceptors (Lipinski definition) is 5. The van der Waals surface area contributed by atoms with Crippen LogP contribution in [0.4, 0.5) is 4.79 Å².